The molecule has 1 aromatic heterocycles. The summed E-state index contributed by atoms with van der Waals surface area (Å²) >= 11 is 0. The van der Waals surface area contributed by atoms with Crippen LogP contribution in [0.1, 0.15) is 11.1 Å². The largest absolute Gasteiger partial charge is 0.472 e. The molecule has 1 heterocycles. The zero-order chi connectivity index (χ0) is 14.4. The van der Waals surface area contributed by atoms with Crippen molar-refractivity contribution in [2.75, 3.05) is 0 Å². The van der Waals surface area contributed by atoms with Gasteiger partial charge in [0.05, 0.1) is 5.56 Å². The summed E-state index contributed by atoms with van der Waals surface area (Å²) in [6, 6.07) is 13.9. The van der Waals surface area contributed by atoms with Crippen molar-refractivity contribution in [1.29, 1.82) is 0 Å². The fourth-order valence-corrected chi connectivity index (χ4v) is 2.09. The minimum atomic E-state index is -1.39. The van der Waals surface area contributed by atoms with E-state index in [9.17, 15) is 0 Å². The first-order valence-electron chi connectivity index (χ1n) is 6.69. The maximum atomic E-state index is 5.79. The van der Waals surface area contributed by atoms with E-state index in [1.165, 1.54) is 0 Å². The molecule has 0 N–H and O–H groups in total. The Morgan fingerprint density at radius 3 is 2.50 bits per heavy atom. The lowest BCUT2D eigenvalue weighted by atomic mass is 10.2. The van der Waals surface area contributed by atoms with Gasteiger partial charge in [-0.15, -0.1) is 5.54 Å². The highest BCUT2D eigenvalue weighted by Gasteiger charge is 2.09. The quantitative estimate of drug-likeness (QED) is 0.629. The molecule has 0 aliphatic rings. The van der Waals surface area contributed by atoms with E-state index < -0.39 is 8.07 Å². The second-order valence-electron chi connectivity index (χ2n) is 5.63. The molecule has 0 amide bonds. The molecular formula is C17H19NOSi. The van der Waals surface area contributed by atoms with Gasteiger partial charge in [0.1, 0.15) is 14.7 Å². The maximum absolute atomic E-state index is 5.79. The summed E-state index contributed by atoms with van der Waals surface area (Å²) in [5.41, 5.74) is 5.34. The van der Waals surface area contributed by atoms with E-state index in [2.05, 4.69) is 36.1 Å². The van der Waals surface area contributed by atoms with Gasteiger partial charge in [-0.1, -0.05) is 55.9 Å². The van der Waals surface area contributed by atoms with Gasteiger partial charge in [-0.3, -0.25) is 0 Å². The average molecular weight is 281 g/mol. The molecule has 0 spiro atoms. The number of aromatic nitrogens is 1. The molecule has 0 atom stereocenters. The third-order valence-corrected chi connectivity index (χ3v) is 3.44. The molecule has 102 valence electrons. The molecule has 0 radical (unpaired) electrons. The van der Waals surface area contributed by atoms with E-state index in [4.69, 9.17) is 4.74 Å². The second-order valence-corrected chi connectivity index (χ2v) is 10.4. The molecule has 0 aliphatic carbocycles. The van der Waals surface area contributed by atoms with Crippen molar-refractivity contribution in [3.05, 3.63) is 59.8 Å². The average Bonchev–Trinajstić information content (AvgIpc) is 2.44. The van der Waals surface area contributed by atoms with Crippen LogP contribution >= 0.6 is 0 Å². The van der Waals surface area contributed by atoms with Gasteiger partial charge >= 0.3 is 0 Å². The third-order valence-electron chi connectivity index (χ3n) is 2.56. The van der Waals surface area contributed by atoms with Crippen molar-refractivity contribution < 1.29 is 4.74 Å². The molecule has 0 unspecified atom stereocenters. The highest BCUT2D eigenvalue weighted by Crippen LogP contribution is 2.15. The lowest BCUT2D eigenvalue weighted by Gasteiger charge is -2.08. The van der Waals surface area contributed by atoms with E-state index in [0.717, 1.165) is 11.1 Å². The maximum Gasteiger partial charge on any atom is 0.229 e. The fraction of sp³-hybridized carbons (Fsp3) is 0.235. The monoisotopic (exact) mass is 281 g/mol. The van der Waals surface area contributed by atoms with Gasteiger partial charge in [0.25, 0.3) is 0 Å². The molecule has 0 bridgehead atoms. The Balaban J connectivity index is 2.14. The standard InChI is InChI=1S/C17H19NOSi/c1-20(2,3)13-11-16-10-7-12-18-17(16)19-14-15-8-5-4-6-9-15/h4-10,12H,14H2,1-3H3. The Hall–Kier alpha value is -2.05. The Labute approximate surface area is 121 Å². The van der Waals surface area contributed by atoms with Crippen LogP contribution in [0.5, 0.6) is 5.88 Å². The van der Waals surface area contributed by atoms with Crippen molar-refractivity contribution in [2.24, 2.45) is 0 Å². The topological polar surface area (TPSA) is 22.1 Å². The zero-order valence-electron chi connectivity index (χ0n) is 12.2. The predicted octanol–water partition coefficient (Wildman–Crippen LogP) is 3.89. The van der Waals surface area contributed by atoms with Crippen molar-refractivity contribution in [3.63, 3.8) is 0 Å². The summed E-state index contributed by atoms with van der Waals surface area (Å²) in [4.78, 5) is 4.29. The summed E-state index contributed by atoms with van der Waals surface area (Å²) in [7, 11) is -1.39. The van der Waals surface area contributed by atoms with Crippen LogP contribution in [0.15, 0.2) is 48.7 Å². The van der Waals surface area contributed by atoms with E-state index in [1.807, 2.05) is 42.5 Å². The van der Waals surface area contributed by atoms with Gasteiger partial charge in [0, 0.05) is 6.20 Å². The summed E-state index contributed by atoms with van der Waals surface area (Å²) in [5, 5.41) is 0. The number of rotatable bonds is 3. The third kappa shape index (κ3) is 4.56. The zero-order valence-corrected chi connectivity index (χ0v) is 13.2. The first-order valence-corrected chi connectivity index (χ1v) is 10.2. The minimum absolute atomic E-state index is 0.513. The molecule has 0 fully saturated rings. The SMILES string of the molecule is C[Si](C)(C)C#Cc1cccnc1OCc1ccccc1. The molecule has 2 nitrogen and oxygen atoms in total. The minimum Gasteiger partial charge on any atom is -0.472 e. The molecule has 20 heavy (non-hydrogen) atoms. The molecule has 0 saturated heterocycles. The normalized spacial score (nSPS) is 10.6. The number of hydrogen-bond donors (Lipinski definition) is 0. The van der Waals surface area contributed by atoms with Gasteiger partial charge in [-0.2, -0.15) is 0 Å². The summed E-state index contributed by atoms with van der Waals surface area (Å²) < 4.78 is 5.79. The highest BCUT2D eigenvalue weighted by molar-refractivity contribution is 6.83. The molecule has 2 rings (SSSR count). The van der Waals surface area contributed by atoms with Crippen LogP contribution in [-0.4, -0.2) is 13.1 Å². The lowest BCUT2D eigenvalue weighted by molar-refractivity contribution is 0.293. The van der Waals surface area contributed by atoms with Crippen molar-refractivity contribution in [1.82, 2.24) is 4.98 Å². The van der Waals surface area contributed by atoms with Crippen LogP contribution < -0.4 is 4.74 Å². The fourth-order valence-electron chi connectivity index (χ4n) is 1.58. The molecule has 1 aromatic carbocycles. The van der Waals surface area contributed by atoms with Crippen LogP contribution in [0.25, 0.3) is 0 Å². The predicted molar refractivity (Wildman–Crippen MR) is 85.2 cm³/mol. The Bertz CT molecular complexity index is 621. The summed E-state index contributed by atoms with van der Waals surface area (Å²) in [5.74, 6) is 3.83. The van der Waals surface area contributed by atoms with Gasteiger partial charge in [-0.25, -0.2) is 4.98 Å². The number of pyridine rings is 1. The second kappa shape index (κ2) is 6.40. The molecule has 0 aliphatic heterocycles. The summed E-state index contributed by atoms with van der Waals surface area (Å²) in [6.45, 7) is 7.18. The van der Waals surface area contributed by atoms with Crippen LogP contribution in [0.3, 0.4) is 0 Å². The van der Waals surface area contributed by atoms with E-state index >= 15 is 0 Å². The summed E-state index contributed by atoms with van der Waals surface area (Å²) in [6.07, 6.45) is 1.74. The molecular weight excluding hydrogens is 262 g/mol. The van der Waals surface area contributed by atoms with Crippen LogP contribution in [0.2, 0.25) is 19.6 Å². The van der Waals surface area contributed by atoms with Crippen LogP contribution in [0.4, 0.5) is 0 Å². The van der Waals surface area contributed by atoms with Gasteiger partial charge < -0.3 is 4.74 Å². The van der Waals surface area contributed by atoms with E-state index in [-0.39, 0.29) is 0 Å². The van der Waals surface area contributed by atoms with Crippen molar-refractivity contribution in [2.45, 2.75) is 26.2 Å². The lowest BCUT2D eigenvalue weighted by Crippen LogP contribution is -2.16. The Morgan fingerprint density at radius 1 is 1.05 bits per heavy atom. The van der Waals surface area contributed by atoms with Gasteiger partial charge in [0.2, 0.25) is 5.88 Å². The van der Waals surface area contributed by atoms with Gasteiger partial charge in [-0.05, 0) is 17.7 Å². The van der Waals surface area contributed by atoms with E-state index in [0.29, 0.717) is 12.5 Å². The number of hydrogen-bond acceptors (Lipinski definition) is 2. The number of benzene rings is 1. The highest BCUT2D eigenvalue weighted by atomic mass is 28.3. The molecule has 3 heteroatoms. The Kier molecular flexibility index (Phi) is 4.60. The van der Waals surface area contributed by atoms with Crippen LogP contribution in [-0.2, 0) is 6.61 Å². The van der Waals surface area contributed by atoms with Gasteiger partial charge in [0.15, 0.2) is 0 Å². The molecule has 0 saturated carbocycles. The van der Waals surface area contributed by atoms with Crippen molar-refractivity contribution >= 4 is 8.07 Å². The molecule has 2 aromatic rings. The number of nitrogens with zero attached hydrogens (tertiary/aromatic N) is 1. The first kappa shape index (κ1) is 14.4. The van der Waals surface area contributed by atoms with Crippen molar-refractivity contribution in [3.8, 4) is 17.3 Å². The Morgan fingerprint density at radius 2 is 1.80 bits per heavy atom. The van der Waals surface area contributed by atoms with E-state index in [1.54, 1.807) is 6.20 Å². The number of ether oxygens (including phenoxy) is 1. The first-order chi connectivity index (χ1) is 9.54. The smallest absolute Gasteiger partial charge is 0.229 e. The van der Waals surface area contributed by atoms with Crippen LogP contribution in [0, 0.1) is 11.5 Å².